The van der Waals surface area contributed by atoms with Gasteiger partial charge in [-0.15, -0.1) is 24.9 Å². The maximum Gasteiger partial charge on any atom is 0.573 e. The molecule has 0 unspecified atom stereocenters. The summed E-state index contributed by atoms with van der Waals surface area (Å²) in [6, 6.07) is 9.10. The summed E-state index contributed by atoms with van der Waals surface area (Å²) in [5.41, 5.74) is 0.639. The Morgan fingerprint density at radius 2 is 1.84 bits per heavy atom. The monoisotopic (exact) mass is 393 g/mol. The molecule has 0 aliphatic heterocycles. The van der Waals surface area contributed by atoms with Crippen LogP contribution in [-0.4, -0.2) is 18.0 Å². The lowest BCUT2D eigenvalue weighted by Crippen LogP contribution is -2.17. The van der Waals surface area contributed by atoms with Gasteiger partial charge in [0.2, 0.25) is 5.91 Å². The van der Waals surface area contributed by atoms with Crippen LogP contribution in [0.4, 0.5) is 23.2 Å². The quantitative estimate of drug-likeness (QED) is 0.681. The van der Waals surface area contributed by atoms with Crippen LogP contribution in [0.2, 0.25) is 5.02 Å². The second kappa shape index (κ2) is 8.44. The van der Waals surface area contributed by atoms with Gasteiger partial charge in [0.1, 0.15) is 11.6 Å². The highest BCUT2D eigenvalue weighted by Crippen LogP contribution is 2.25. The van der Waals surface area contributed by atoms with Crippen molar-refractivity contribution in [1.29, 1.82) is 0 Å². The second-order valence-electron chi connectivity index (χ2n) is 4.81. The number of benzene rings is 2. The molecular weight excluding hydrogens is 382 g/mol. The molecule has 25 heavy (non-hydrogen) atoms. The first-order valence-electron chi connectivity index (χ1n) is 6.91. The van der Waals surface area contributed by atoms with Gasteiger partial charge in [0.05, 0.1) is 5.75 Å². The number of hydrogen-bond acceptors (Lipinski definition) is 3. The first-order chi connectivity index (χ1) is 11.7. The van der Waals surface area contributed by atoms with E-state index in [1.807, 2.05) is 0 Å². The molecule has 2 aromatic rings. The fourth-order valence-corrected chi connectivity index (χ4v) is 3.02. The summed E-state index contributed by atoms with van der Waals surface area (Å²) in [6.45, 7) is 0. The van der Waals surface area contributed by atoms with E-state index in [9.17, 15) is 22.4 Å². The minimum atomic E-state index is -4.77. The molecule has 0 fully saturated rings. The van der Waals surface area contributed by atoms with Crippen molar-refractivity contribution in [2.24, 2.45) is 0 Å². The lowest BCUT2D eigenvalue weighted by atomic mass is 10.2. The van der Waals surface area contributed by atoms with Crippen molar-refractivity contribution in [2.45, 2.75) is 12.1 Å². The smallest absolute Gasteiger partial charge is 0.406 e. The summed E-state index contributed by atoms with van der Waals surface area (Å²) in [7, 11) is 0. The van der Waals surface area contributed by atoms with Gasteiger partial charge in [0, 0.05) is 22.0 Å². The number of amides is 1. The molecule has 0 heterocycles. The van der Waals surface area contributed by atoms with Crippen LogP contribution < -0.4 is 10.1 Å². The Bertz CT molecular complexity index is 718. The molecule has 3 nitrogen and oxygen atoms in total. The van der Waals surface area contributed by atoms with E-state index in [4.69, 9.17) is 11.6 Å². The summed E-state index contributed by atoms with van der Waals surface area (Å²) < 4.78 is 53.5. The van der Waals surface area contributed by atoms with Crippen molar-refractivity contribution in [3.63, 3.8) is 0 Å². The molecule has 1 N–H and O–H groups in total. The predicted octanol–water partition coefficient (Wildman–Crippen LogP) is 5.25. The molecule has 0 saturated heterocycles. The summed E-state index contributed by atoms with van der Waals surface area (Å²) in [6.07, 6.45) is -4.77. The van der Waals surface area contributed by atoms with Crippen molar-refractivity contribution in [2.75, 3.05) is 11.1 Å². The minimum Gasteiger partial charge on any atom is -0.406 e. The van der Waals surface area contributed by atoms with E-state index in [-0.39, 0.29) is 28.2 Å². The van der Waals surface area contributed by atoms with E-state index in [2.05, 4.69) is 10.1 Å². The van der Waals surface area contributed by atoms with E-state index in [0.29, 0.717) is 11.3 Å². The summed E-state index contributed by atoms with van der Waals surface area (Å²) in [4.78, 5) is 11.8. The van der Waals surface area contributed by atoms with Crippen molar-refractivity contribution < 1.29 is 27.1 Å². The highest BCUT2D eigenvalue weighted by molar-refractivity contribution is 7.99. The Labute approximate surface area is 150 Å². The van der Waals surface area contributed by atoms with Gasteiger partial charge >= 0.3 is 6.36 Å². The first kappa shape index (κ1) is 19.4. The molecule has 0 aromatic heterocycles. The van der Waals surface area contributed by atoms with E-state index < -0.39 is 12.2 Å². The van der Waals surface area contributed by atoms with E-state index in [1.54, 1.807) is 6.07 Å². The molecule has 0 radical (unpaired) electrons. The predicted molar refractivity (Wildman–Crippen MR) is 89.3 cm³/mol. The maximum atomic E-state index is 13.6. The topological polar surface area (TPSA) is 38.3 Å². The average Bonchev–Trinajstić information content (AvgIpc) is 2.51. The van der Waals surface area contributed by atoms with Crippen LogP contribution >= 0.6 is 23.4 Å². The molecular formula is C16H12ClF4NO2S. The van der Waals surface area contributed by atoms with Crippen LogP contribution in [0.25, 0.3) is 0 Å². The lowest BCUT2D eigenvalue weighted by molar-refractivity contribution is -0.274. The van der Waals surface area contributed by atoms with Crippen LogP contribution in [0.5, 0.6) is 5.75 Å². The normalized spacial score (nSPS) is 11.2. The Morgan fingerprint density at radius 3 is 2.44 bits per heavy atom. The SMILES string of the molecule is O=C(CSCc1c(F)cccc1Cl)Nc1ccc(OC(F)(F)F)cc1. The van der Waals surface area contributed by atoms with Crippen LogP contribution in [0.15, 0.2) is 42.5 Å². The van der Waals surface area contributed by atoms with E-state index >= 15 is 0 Å². The molecule has 2 rings (SSSR count). The number of alkyl halides is 3. The zero-order chi connectivity index (χ0) is 18.4. The third kappa shape index (κ3) is 6.47. The van der Waals surface area contributed by atoms with Gasteiger partial charge in [0.15, 0.2) is 0 Å². The van der Waals surface area contributed by atoms with Crippen LogP contribution in [0.1, 0.15) is 5.56 Å². The van der Waals surface area contributed by atoms with Gasteiger partial charge in [-0.2, -0.15) is 0 Å². The van der Waals surface area contributed by atoms with Crippen LogP contribution in [0, 0.1) is 5.82 Å². The number of anilines is 1. The number of carbonyl (C=O) groups is 1. The molecule has 0 atom stereocenters. The minimum absolute atomic E-state index is 0.0332. The number of halogens is 5. The zero-order valence-electron chi connectivity index (χ0n) is 12.6. The number of rotatable bonds is 6. The van der Waals surface area contributed by atoms with Crippen LogP contribution in [0.3, 0.4) is 0 Å². The number of nitrogens with one attached hydrogen (secondary N) is 1. The lowest BCUT2D eigenvalue weighted by Gasteiger charge is -2.10. The molecule has 134 valence electrons. The van der Waals surface area contributed by atoms with Gasteiger partial charge in [-0.25, -0.2) is 4.39 Å². The second-order valence-corrected chi connectivity index (χ2v) is 6.21. The number of carbonyl (C=O) groups excluding carboxylic acids is 1. The molecule has 2 aromatic carbocycles. The molecule has 0 aliphatic rings. The van der Waals surface area contributed by atoms with Crippen LogP contribution in [-0.2, 0) is 10.5 Å². The van der Waals surface area contributed by atoms with Crippen molar-refractivity contribution in [3.8, 4) is 5.75 Å². The van der Waals surface area contributed by atoms with Gasteiger partial charge in [-0.05, 0) is 36.4 Å². The maximum absolute atomic E-state index is 13.6. The Morgan fingerprint density at radius 1 is 1.16 bits per heavy atom. The Kier molecular flexibility index (Phi) is 6.55. The number of thioether (sulfide) groups is 1. The standard InChI is InChI=1S/C16H12ClF4NO2S/c17-13-2-1-3-14(18)12(13)8-25-9-15(23)22-10-4-6-11(7-5-10)24-16(19,20)21/h1-7H,8-9H2,(H,22,23). The van der Waals surface area contributed by atoms with Crippen molar-refractivity contribution in [1.82, 2.24) is 0 Å². The summed E-state index contributed by atoms with van der Waals surface area (Å²) in [5.74, 6) is -0.945. The molecule has 0 aliphatic carbocycles. The molecule has 0 bridgehead atoms. The van der Waals surface area contributed by atoms with E-state index in [0.717, 1.165) is 23.9 Å². The fraction of sp³-hybridized carbons (Fsp3) is 0.188. The third-order valence-electron chi connectivity index (χ3n) is 2.91. The highest BCUT2D eigenvalue weighted by atomic mass is 35.5. The molecule has 0 saturated carbocycles. The number of ether oxygens (including phenoxy) is 1. The Hall–Kier alpha value is -1.93. The van der Waals surface area contributed by atoms with Gasteiger partial charge in [0.25, 0.3) is 0 Å². The van der Waals surface area contributed by atoms with Gasteiger partial charge < -0.3 is 10.1 Å². The average molecular weight is 394 g/mol. The summed E-state index contributed by atoms with van der Waals surface area (Å²) >= 11 is 7.05. The third-order valence-corrected chi connectivity index (χ3v) is 4.23. The molecule has 0 spiro atoms. The largest absolute Gasteiger partial charge is 0.573 e. The summed E-state index contributed by atoms with van der Waals surface area (Å²) in [5, 5.41) is 2.81. The highest BCUT2D eigenvalue weighted by Gasteiger charge is 2.30. The van der Waals surface area contributed by atoms with Crippen molar-refractivity contribution in [3.05, 3.63) is 58.9 Å². The molecule has 9 heteroatoms. The molecule has 1 amide bonds. The van der Waals surface area contributed by atoms with Gasteiger partial charge in [-0.3, -0.25) is 4.79 Å². The fourth-order valence-electron chi connectivity index (χ4n) is 1.85. The number of hydrogen-bond donors (Lipinski definition) is 1. The zero-order valence-corrected chi connectivity index (χ0v) is 14.1. The van der Waals surface area contributed by atoms with Gasteiger partial charge in [-0.1, -0.05) is 17.7 Å². The van der Waals surface area contributed by atoms with E-state index in [1.165, 1.54) is 24.3 Å². The Balaban J connectivity index is 1.82. The first-order valence-corrected chi connectivity index (χ1v) is 8.44. The van der Waals surface area contributed by atoms with Crippen molar-refractivity contribution >= 4 is 35.0 Å².